The van der Waals surface area contributed by atoms with Gasteiger partial charge in [-0.05, 0) is 44.1 Å². The van der Waals surface area contributed by atoms with E-state index in [1.165, 1.54) is 6.42 Å². The molecular formula is C15H28N2. The summed E-state index contributed by atoms with van der Waals surface area (Å²) in [5.41, 5.74) is 0.704. The van der Waals surface area contributed by atoms with Gasteiger partial charge < -0.3 is 5.32 Å². The van der Waals surface area contributed by atoms with Gasteiger partial charge in [0.1, 0.15) is 0 Å². The maximum absolute atomic E-state index is 8.92. The van der Waals surface area contributed by atoms with Gasteiger partial charge in [0.25, 0.3) is 0 Å². The molecule has 0 amide bonds. The largest absolute Gasteiger partial charge is 0.313 e. The maximum atomic E-state index is 8.92. The van der Waals surface area contributed by atoms with Crippen molar-refractivity contribution in [1.82, 2.24) is 5.32 Å². The van der Waals surface area contributed by atoms with Crippen molar-refractivity contribution in [2.75, 3.05) is 6.54 Å². The lowest BCUT2D eigenvalue weighted by Crippen LogP contribution is -2.23. The van der Waals surface area contributed by atoms with Crippen LogP contribution in [0.2, 0.25) is 0 Å². The standard InChI is InChI=1S/C15H28N2/c1-13(2,11-16)9-7-8-10-17-12-14(3,4)15(12,5)6/h12,17H,7-10H2,1-6H3. The Kier molecular flexibility index (Phi) is 3.94. The van der Waals surface area contributed by atoms with E-state index >= 15 is 0 Å². The predicted molar refractivity (Wildman–Crippen MR) is 72.6 cm³/mol. The normalized spacial score (nSPS) is 22.2. The van der Waals surface area contributed by atoms with Crippen LogP contribution in [-0.4, -0.2) is 12.6 Å². The fourth-order valence-corrected chi connectivity index (χ4v) is 2.70. The second-order valence-corrected chi connectivity index (χ2v) is 7.28. The smallest absolute Gasteiger partial charge is 0.0683 e. The molecule has 0 unspecified atom stereocenters. The first-order chi connectivity index (χ1) is 7.65. The van der Waals surface area contributed by atoms with Crippen LogP contribution in [0.5, 0.6) is 0 Å². The highest BCUT2D eigenvalue weighted by Crippen LogP contribution is 2.62. The molecule has 2 heteroatoms. The lowest BCUT2D eigenvalue weighted by molar-refractivity contribution is 0.418. The van der Waals surface area contributed by atoms with E-state index in [0.717, 1.165) is 19.4 Å². The molecule has 0 aliphatic heterocycles. The van der Waals surface area contributed by atoms with Crippen molar-refractivity contribution in [3.05, 3.63) is 0 Å². The van der Waals surface area contributed by atoms with Gasteiger partial charge in [-0.15, -0.1) is 0 Å². The topological polar surface area (TPSA) is 35.8 Å². The number of nitrogens with zero attached hydrogens (tertiary/aromatic N) is 1. The molecule has 0 saturated heterocycles. The second-order valence-electron chi connectivity index (χ2n) is 7.28. The highest BCUT2D eigenvalue weighted by molar-refractivity contribution is 5.17. The maximum Gasteiger partial charge on any atom is 0.0683 e. The van der Waals surface area contributed by atoms with Crippen molar-refractivity contribution in [2.24, 2.45) is 16.2 Å². The van der Waals surface area contributed by atoms with Crippen LogP contribution in [0, 0.1) is 27.6 Å². The predicted octanol–water partition coefficient (Wildman–Crippen LogP) is 3.73. The van der Waals surface area contributed by atoms with Gasteiger partial charge in [-0.25, -0.2) is 0 Å². The number of nitrogens with one attached hydrogen (secondary N) is 1. The summed E-state index contributed by atoms with van der Waals surface area (Å²) in [5.74, 6) is 0. The fourth-order valence-electron chi connectivity index (χ4n) is 2.70. The van der Waals surface area contributed by atoms with E-state index in [1.54, 1.807) is 0 Å². The molecule has 1 saturated carbocycles. The summed E-state index contributed by atoms with van der Waals surface area (Å²) >= 11 is 0. The second kappa shape index (κ2) is 4.61. The van der Waals surface area contributed by atoms with Crippen molar-refractivity contribution < 1.29 is 0 Å². The van der Waals surface area contributed by atoms with Gasteiger partial charge >= 0.3 is 0 Å². The molecule has 2 nitrogen and oxygen atoms in total. The van der Waals surface area contributed by atoms with Crippen LogP contribution in [-0.2, 0) is 0 Å². The number of hydrogen-bond acceptors (Lipinski definition) is 2. The molecule has 1 fully saturated rings. The van der Waals surface area contributed by atoms with Crippen molar-refractivity contribution in [2.45, 2.75) is 66.8 Å². The average Bonchev–Trinajstić information content (AvgIpc) is 2.59. The van der Waals surface area contributed by atoms with Crippen LogP contribution in [0.1, 0.15) is 60.8 Å². The van der Waals surface area contributed by atoms with Gasteiger partial charge in [0, 0.05) is 6.04 Å². The molecule has 98 valence electrons. The molecule has 1 N–H and O–H groups in total. The lowest BCUT2D eigenvalue weighted by Gasteiger charge is -2.14. The first-order valence-electron chi connectivity index (χ1n) is 6.80. The molecule has 0 spiro atoms. The third kappa shape index (κ3) is 3.01. The third-order valence-corrected chi connectivity index (χ3v) is 4.90. The van der Waals surface area contributed by atoms with E-state index in [4.69, 9.17) is 5.26 Å². The van der Waals surface area contributed by atoms with Crippen LogP contribution in [0.3, 0.4) is 0 Å². The van der Waals surface area contributed by atoms with Gasteiger partial charge in [-0.2, -0.15) is 5.26 Å². The van der Waals surface area contributed by atoms with E-state index in [1.807, 2.05) is 13.8 Å². The molecule has 0 aromatic carbocycles. The van der Waals surface area contributed by atoms with Gasteiger partial charge in [-0.1, -0.05) is 34.1 Å². The summed E-state index contributed by atoms with van der Waals surface area (Å²) in [4.78, 5) is 0. The van der Waals surface area contributed by atoms with Gasteiger partial charge in [0.15, 0.2) is 0 Å². The Hall–Kier alpha value is -0.550. The minimum atomic E-state index is -0.155. The molecule has 1 rings (SSSR count). The van der Waals surface area contributed by atoms with E-state index in [2.05, 4.69) is 39.1 Å². The lowest BCUT2D eigenvalue weighted by atomic mass is 9.89. The summed E-state index contributed by atoms with van der Waals surface area (Å²) in [6.45, 7) is 14.5. The molecule has 0 aromatic rings. The van der Waals surface area contributed by atoms with E-state index in [-0.39, 0.29) is 5.41 Å². The minimum absolute atomic E-state index is 0.155. The van der Waals surface area contributed by atoms with Crippen molar-refractivity contribution in [3.8, 4) is 6.07 Å². The Morgan fingerprint density at radius 1 is 1.12 bits per heavy atom. The van der Waals surface area contributed by atoms with E-state index < -0.39 is 0 Å². The molecule has 17 heavy (non-hydrogen) atoms. The Bertz CT molecular complexity index is 293. The summed E-state index contributed by atoms with van der Waals surface area (Å²) in [6.07, 6.45) is 3.32. The molecule has 0 atom stereocenters. The summed E-state index contributed by atoms with van der Waals surface area (Å²) < 4.78 is 0. The van der Waals surface area contributed by atoms with Gasteiger partial charge in [0.2, 0.25) is 0 Å². The molecule has 0 aromatic heterocycles. The van der Waals surface area contributed by atoms with Crippen molar-refractivity contribution >= 4 is 0 Å². The third-order valence-electron chi connectivity index (χ3n) is 4.90. The molecule has 0 heterocycles. The Labute approximate surface area is 107 Å². The Morgan fingerprint density at radius 3 is 2.06 bits per heavy atom. The first-order valence-corrected chi connectivity index (χ1v) is 6.80. The minimum Gasteiger partial charge on any atom is -0.313 e. The number of nitriles is 1. The number of unbranched alkanes of at least 4 members (excludes halogenated alkanes) is 1. The van der Waals surface area contributed by atoms with Crippen LogP contribution in [0.4, 0.5) is 0 Å². The summed E-state index contributed by atoms with van der Waals surface area (Å²) in [6, 6.07) is 3.01. The van der Waals surface area contributed by atoms with Crippen molar-refractivity contribution in [3.63, 3.8) is 0 Å². The SMILES string of the molecule is CC(C)(C#N)CCCCNC1C(C)(C)C1(C)C. The summed E-state index contributed by atoms with van der Waals surface area (Å²) in [7, 11) is 0. The fraction of sp³-hybridized carbons (Fsp3) is 0.933. The van der Waals surface area contributed by atoms with Gasteiger partial charge in [-0.3, -0.25) is 0 Å². The van der Waals surface area contributed by atoms with E-state index in [9.17, 15) is 0 Å². The molecule has 1 aliphatic rings. The first kappa shape index (κ1) is 14.5. The monoisotopic (exact) mass is 236 g/mol. The number of hydrogen-bond donors (Lipinski definition) is 1. The van der Waals surface area contributed by atoms with Crippen LogP contribution in [0.25, 0.3) is 0 Å². The molecule has 0 radical (unpaired) electrons. The summed E-state index contributed by atoms with van der Waals surface area (Å²) in [5, 5.41) is 12.6. The van der Waals surface area contributed by atoms with Crippen LogP contribution in [0.15, 0.2) is 0 Å². The zero-order chi connectivity index (χ0) is 13.3. The number of rotatable bonds is 6. The Morgan fingerprint density at radius 2 is 1.65 bits per heavy atom. The zero-order valence-corrected chi connectivity index (χ0v) is 12.4. The Balaban J connectivity index is 2.14. The highest BCUT2D eigenvalue weighted by atomic mass is 15.0. The molecule has 0 bridgehead atoms. The molecule has 1 aliphatic carbocycles. The van der Waals surface area contributed by atoms with E-state index in [0.29, 0.717) is 16.9 Å². The quantitative estimate of drug-likeness (QED) is 0.713. The zero-order valence-electron chi connectivity index (χ0n) is 12.4. The molecular weight excluding hydrogens is 208 g/mol. The highest BCUT2D eigenvalue weighted by Gasteiger charge is 2.64. The van der Waals surface area contributed by atoms with Crippen molar-refractivity contribution in [1.29, 1.82) is 5.26 Å². The van der Waals surface area contributed by atoms with Crippen LogP contribution < -0.4 is 5.32 Å². The average molecular weight is 236 g/mol. The van der Waals surface area contributed by atoms with Crippen LogP contribution >= 0.6 is 0 Å². The van der Waals surface area contributed by atoms with Gasteiger partial charge in [0.05, 0.1) is 11.5 Å².